The second-order valence-corrected chi connectivity index (χ2v) is 7.99. The number of rotatable bonds is 5. The first-order valence-corrected chi connectivity index (χ1v) is 10.8. The number of anilines is 1. The van der Waals surface area contributed by atoms with Gasteiger partial charge >= 0.3 is 0 Å². The van der Waals surface area contributed by atoms with Crippen molar-refractivity contribution in [3.8, 4) is 11.4 Å². The van der Waals surface area contributed by atoms with Crippen molar-refractivity contribution >= 4 is 17.4 Å². The summed E-state index contributed by atoms with van der Waals surface area (Å²) in [4.78, 5) is 33.5. The van der Waals surface area contributed by atoms with E-state index in [4.69, 9.17) is 0 Å². The maximum Gasteiger partial charge on any atom is 0.269 e. The number of amides is 1. The van der Waals surface area contributed by atoms with E-state index in [1.165, 1.54) is 31.2 Å². The zero-order chi connectivity index (χ0) is 23.5. The lowest BCUT2D eigenvalue weighted by Gasteiger charge is -2.21. The largest absolute Gasteiger partial charge is 0.363 e. The SMILES string of the molecule is CCc1cc(NC2CCN(C(C)=O)Cc3cc(F)ccc32)nc(-c2ccc([N+](=O)[O-])cc2)n1. The Balaban J connectivity index is 1.68. The topological polar surface area (TPSA) is 101 Å². The summed E-state index contributed by atoms with van der Waals surface area (Å²) in [5, 5.41) is 14.4. The Bertz CT molecular complexity index is 1200. The molecule has 0 fully saturated rings. The van der Waals surface area contributed by atoms with Crippen molar-refractivity contribution in [1.82, 2.24) is 14.9 Å². The predicted octanol–water partition coefficient (Wildman–Crippen LogP) is 4.66. The van der Waals surface area contributed by atoms with E-state index >= 15 is 0 Å². The van der Waals surface area contributed by atoms with E-state index in [0.29, 0.717) is 43.1 Å². The van der Waals surface area contributed by atoms with E-state index in [2.05, 4.69) is 15.3 Å². The van der Waals surface area contributed by atoms with E-state index in [0.717, 1.165) is 16.8 Å². The van der Waals surface area contributed by atoms with Crippen molar-refractivity contribution in [2.24, 2.45) is 0 Å². The van der Waals surface area contributed by atoms with Crippen molar-refractivity contribution in [2.75, 3.05) is 11.9 Å². The highest BCUT2D eigenvalue weighted by Gasteiger charge is 2.24. The molecule has 0 bridgehead atoms. The number of carbonyl (C=O) groups is 1. The van der Waals surface area contributed by atoms with Gasteiger partial charge in [0, 0.05) is 49.5 Å². The number of halogens is 1. The van der Waals surface area contributed by atoms with Crippen molar-refractivity contribution in [3.63, 3.8) is 0 Å². The third kappa shape index (κ3) is 4.97. The molecule has 0 spiro atoms. The molecule has 1 aliphatic rings. The van der Waals surface area contributed by atoms with Gasteiger partial charge in [-0.2, -0.15) is 0 Å². The van der Waals surface area contributed by atoms with Crippen LogP contribution in [0.15, 0.2) is 48.5 Å². The number of aromatic nitrogens is 2. The van der Waals surface area contributed by atoms with Crippen LogP contribution in [-0.4, -0.2) is 32.2 Å². The van der Waals surface area contributed by atoms with E-state index in [1.54, 1.807) is 23.1 Å². The molecule has 8 nitrogen and oxygen atoms in total. The van der Waals surface area contributed by atoms with Crippen LogP contribution >= 0.6 is 0 Å². The number of aryl methyl sites for hydroxylation is 1. The summed E-state index contributed by atoms with van der Waals surface area (Å²) in [6.45, 7) is 4.39. The Morgan fingerprint density at radius 3 is 2.64 bits per heavy atom. The van der Waals surface area contributed by atoms with Gasteiger partial charge in [-0.1, -0.05) is 13.0 Å². The van der Waals surface area contributed by atoms with Crippen molar-refractivity contribution in [1.29, 1.82) is 0 Å². The second-order valence-electron chi connectivity index (χ2n) is 7.99. The summed E-state index contributed by atoms with van der Waals surface area (Å²) < 4.78 is 13.9. The van der Waals surface area contributed by atoms with Gasteiger partial charge in [0.2, 0.25) is 5.91 Å². The monoisotopic (exact) mass is 449 g/mol. The highest BCUT2D eigenvalue weighted by molar-refractivity contribution is 5.73. The third-order valence-corrected chi connectivity index (χ3v) is 5.77. The van der Waals surface area contributed by atoms with Gasteiger partial charge < -0.3 is 10.2 Å². The van der Waals surface area contributed by atoms with Gasteiger partial charge in [-0.05, 0) is 48.2 Å². The van der Waals surface area contributed by atoms with E-state index in [9.17, 15) is 19.3 Å². The molecule has 170 valence electrons. The fourth-order valence-corrected chi connectivity index (χ4v) is 3.99. The highest BCUT2D eigenvalue weighted by Crippen LogP contribution is 2.31. The van der Waals surface area contributed by atoms with Crippen LogP contribution in [0.3, 0.4) is 0 Å². The normalized spacial score (nSPS) is 15.5. The van der Waals surface area contributed by atoms with Crippen LogP contribution in [0.4, 0.5) is 15.9 Å². The van der Waals surface area contributed by atoms with Crippen LogP contribution in [0.5, 0.6) is 0 Å². The van der Waals surface area contributed by atoms with Crippen LogP contribution in [-0.2, 0) is 17.8 Å². The maximum absolute atomic E-state index is 13.9. The third-order valence-electron chi connectivity index (χ3n) is 5.77. The van der Waals surface area contributed by atoms with Gasteiger partial charge in [-0.3, -0.25) is 14.9 Å². The molecule has 4 rings (SSSR count). The van der Waals surface area contributed by atoms with Crippen LogP contribution in [0.25, 0.3) is 11.4 Å². The van der Waals surface area contributed by atoms with E-state index in [1.807, 2.05) is 13.0 Å². The molecular formula is C24H24FN5O3. The molecule has 0 saturated carbocycles. The van der Waals surface area contributed by atoms with Gasteiger partial charge in [-0.15, -0.1) is 0 Å². The lowest BCUT2D eigenvalue weighted by molar-refractivity contribution is -0.384. The number of carbonyl (C=O) groups excluding carboxylic acids is 1. The van der Waals surface area contributed by atoms with Crippen LogP contribution in [0.2, 0.25) is 0 Å². The van der Waals surface area contributed by atoms with Crippen LogP contribution in [0.1, 0.15) is 43.1 Å². The molecule has 1 atom stereocenters. The van der Waals surface area contributed by atoms with E-state index in [-0.39, 0.29) is 23.5 Å². The molecule has 2 heterocycles. The second kappa shape index (κ2) is 9.32. The lowest BCUT2D eigenvalue weighted by atomic mass is 9.99. The minimum Gasteiger partial charge on any atom is -0.363 e. The maximum atomic E-state index is 13.9. The molecule has 1 N–H and O–H groups in total. The minimum atomic E-state index is -0.448. The first kappa shape index (κ1) is 22.3. The summed E-state index contributed by atoms with van der Waals surface area (Å²) in [5.74, 6) is 0.673. The number of nitrogens with one attached hydrogen (secondary N) is 1. The zero-order valence-electron chi connectivity index (χ0n) is 18.4. The molecular weight excluding hydrogens is 425 g/mol. The molecule has 9 heteroatoms. The average molecular weight is 449 g/mol. The van der Waals surface area contributed by atoms with Crippen molar-refractivity contribution in [3.05, 3.63) is 81.3 Å². The van der Waals surface area contributed by atoms with Gasteiger partial charge in [0.15, 0.2) is 5.82 Å². The van der Waals surface area contributed by atoms with Crippen LogP contribution < -0.4 is 5.32 Å². The Morgan fingerprint density at radius 1 is 1.21 bits per heavy atom. The Hall–Kier alpha value is -3.88. The highest BCUT2D eigenvalue weighted by atomic mass is 19.1. The molecule has 3 aromatic rings. The summed E-state index contributed by atoms with van der Waals surface area (Å²) in [6.07, 6.45) is 1.32. The number of nitrogens with zero attached hydrogens (tertiary/aromatic N) is 4. The lowest BCUT2D eigenvalue weighted by Crippen LogP contribution is -2.28. The number of nitro groups is 1. The summed E-state index contributed by atoms with van der Waals surface area (Å²) in [7, 11) is 0. The first-order chi connectivity index (χ1) is 15.8. The Kier molecular flexibility index (Phi) is 6.30. The van der Waals surface area contributed by atoms with Gasteiger partial charge in [0.1, 0.15) is 11.6 Å². The van der Waals surface area contributed by atoms with Gasteiger partial charge in [-0.25, -0.2) is 14.4 Å². The molecule has 0 aliphatic carbocycles. The molecule has 33 heavy (non-hydrogen) atoms. The Labute approximate surface area is 190 Å². The minimum absolute atomic E-state index is 0.000986. The van der Waals surface area contributed by atoms with Gasteiger partial charge in [0.25, 0.3) is 5.69 Å². The van der Waals surface area contributed by atoms with Crippen LogP contribution in [0, 0.1) is 15.9 Å². The zero-order valence-corrected chi connectivity index (χ0v) is 18.4. The predicted molar refractivity (Wildman–Crippen MR) is 122 cm³/mol. The summed E-state index contributed by atoms with van der Waals surface area (Å²) >= 11 is 0. The van der Waals surface area contributed by atoms with Gasteiger partial charge in [0.05, 0.1) is 11.0 Å². The number of hydrogen-bond donors (Lipinski definition) is 1. The molecule has 1 unspecified atom stereocenters. The Morgan fingerprint density at radius 2 is 1.97 bits per heavy atom. The number of hydrogen-bond acceptors (Lipinski definition) is 6. The standard InChI is InChI=1S/C24H24FN5O3/c1-3-19-13-23(28-24(26-19)16-4-7-20(8-5-16)30(32)33)27-22-10-11-29(15(2)31)14-17-12-18(25)6-9-21(17)22/h4-9,12-13,22H,3,10-11,14H2,1-2H3,(H,26,27,28). The van der Waals surface area contributed by atoms with E-state index < -0.39 is 4.92 Å². The number of nitro benzene ring substituents is 1. The van der Waals surface area contributed by atoms with Crippen molar-refractivity contribution in [2.45, 2.75) is 39.3 Å². The fraction of sp³-hybridized carbons (Fsp3) is 0.292. The summed E-state index contributed by atoms with van der Waals surface area (Å²) in [6, 6.07) is 12.5. The molecule has 1 amide bonds. The average Bonchev–Trinajstić information content (AvgIpc) is 2.98. The quantitative estimate of drug-likeness (QED) is 0.449. The first-order valence-electron chi connectivity index (χ1n) is 10.8. The molecule has 0 saturated heterocycles. The number of benzene rings is 2. The molecule has 0 radical (unpaired) electrons. The fourth-order valence-electron chi connectivity index (χ4n) is 3.99. The molecule has 1 aromatic heterocycles. The smallest absolute Gasteiger partial charge is 0.269 e. The molecule has 1 aliphatic heterocycles. The number of fused-ring (bicyclic) bond motifs is 1. The molecule has 2 aromatic carbocycles. The van der Waals surface area contributed by atoms with Crippen molar-refractivity contribution < 1.29 is 14.1 Å². The summed E-state index contributed by atoms with van der Waals surface area (Å²) in [5.41, 5.74) is 3.18. The number of non-ortho nitro benzene ring substituents is 1.